The second-order valence-corrected chi connectivity index (χ2v) is 4.29. The van der Waals surface area contributed by atoms with Gasteiger partial charge in [-0.3, -0.25) is 10.1 Å². The van der Waals surface area contributed by atoms with Crippen molar-refractivity contribution in [1.82, 2.24) is 10.6 Å². The molecule has 6 heteroatoms. The van der Waals surface area contributed by atoms with E-state index in [-0.39, 0.29) is 6.61 Å². The van der Waals surface area contributed by atoms with E-state index in [0.29, 0.717) is 11.8 Å². The van der Waals surface area contributed by atoms with Gasteiger partial charge in [0.1, 0.15) is 5.75 Å². The highest BCUT2D eigenvalue weighted by atomic mass is 16.5. The van der Waals surface area contributed by atoms with Gasteiger partial charge < -0.3 is 15.8 Å². The Labute approximate surface area is 118 Å². The minimum absolute atomic E-state index is 0.243. The Hall–Kier alpha value is -2.08. The zero-order valence-corrected chi connectivity index (χ0v) is 11.8. The Morgan fingerprint density at radius 1 is 1.25 bits per heavy atom. The quantitative estimate of drug-likeness (QED) is 0.701. The lowest BCUT2D eigenvalue weighted by Gasteiger charge is -2.16. The fourth-order valence-corrected chi connectivity index (χ4v) is 1.86. The lowest BCUT2D eigenvalue weighted by atomic mass is 10.0. The maximum atomic E-state index is 11.2. The fraction of sp³-hybridized carbons (Fsp3) is 0.429. The van der Waals surface area contributed by atoms with Crippen molar-refractivity contribution in [2.24, 2.45) is 5.73 Å². The number of nitrogens with one attached hydrogen (secondary N) is 2. The lowest BCUT2D eigenvalue weighted by Crippen LogP contribution is -2.38. The Morgan fingerprint density at radius 2 is 1.90 bits per heavy atom. The van der Waals surface area contributed by atoms with Gasteiger partial charge in [-0.05, 0) is 30.7 Å². The highest BCUT2D eigenvalue weighted by molar-refractivity contribution is 5.94. The molecule has 0 heterocycles. The van der Waals surface area contributed by atoms with E-state index in [9.17, 15) is 9.59 Å². The summed E-state index contributed by atoms with van der Waals surface area (Å²) in [5, 5.41) is 5.32. The SMILES string of the molecule is CCNC(CC)c1ccc(OCC(=O)NC(N)=O)cc1. The summed E-state index contributed by atoms with van der Waals surface area (Å²) in [5.74, 6) is 0.000354. The van der Waals surface area contributed by atoms with Crippen LogP contribution in [0.15, 0.2) is 24.3 Å². The molecule has 110 valence electrons. The predicted molar refractivity (Wildman–Crippen MR) is 76.4 cm³/mol. The van der Waals surface area contributed by atoms with Gasteiger partial charge in [0, 0.05) is 6.04 Å². The van der Waals surface area contributed by atoms with Gasteiger partial charge in [0.15, 0.2) is 6.61 Å². The van der Waals surface area contributed by atoms with E-state index in [1.165, 1.54) is 5.56 Å². The van der Waals surface area contributed by atoms with Crippen molar-refractivity contribution < 1.29 is 14.3 Å². The molecule has 4 N–H and O–H groups in total. The molecule has 1 aromatic rings. The molecule has 0 fully saturated rings. The van der Waals surface area contributed by atoms with E-state index in [4.69, 9.17) is 10.5 Å². The maximum absolute atomic E-state index is 11.2. The number of hydrogen-bond acceptors (Lipinski definition) is 4. The number of hydrogen-bond donors (Lipinski definition) is 3. The summed E-state index contributed by atoms with van der Waals surface area (Å²) in [7, 11) is 0. The van der Waals surface area contributed by atoms with Crippen molar-refractivity contribution in [3.63, 3.8) is 0 Å². The molecule has 0 aliphatic carbocycles. The summed E-state index contributed by atoms with van der Waals surface area (Å²) in [5.41, 5.74) is 6.00. The first-order valence-electron chi connectivity index (χ1n) is 6.62. The van der Waals surface area contributed by atoms with Gasteiger partial charge >= 0.3 is 6.03 Å². The molecular weight excluding hydrogens is 258 g/mol. The Balaban J connectivity index is 2.54. The zero-order chi connectivity index (χ0) is 15.0. The highest BCUT2D eigenvalue weighted by Crippen LogP contribution is 2.20. The van der Waals surface area contributed by atoms with Gasteiger partial charge in [-0.2, -0.15) is 0 Å². The van der Waals surface area contributed by atoms with E-state index >= 15 is 0 Å². The summed E-state index contributed by atoms with van der Waals surface area (Å²) in [6.07, 6.45) is 0.995. The molecule has 6 nitrogen and oxygen atoms in total. The molecule has 0 aliphatic rings. The standard InChI is InChI=1S/C14H21N3O3/c1-3-12(16-4-2)10-5-7-11(8-6-10)20-9-13(18)17-14(15)19/h5-8,12,16H,3-4,9H2,1-2H3,(H3,15,17,18,19). The molecule has 20 heavy (non-hydrogen) atoms. The third-order valence-electron chi connectivity index (χ3n) is 2.77. The van der Waals surface area contributed by atoms with E-state index in [2.05, 4.69) is 19.2 Å². The number of nitrogens with two attached hydrogens (primary N) is 1. The first kappa shape index (κ1) is 16.0. The van der Waals surface area contributed by atoms with Crippen molar-refractivity contribution in [2.45, 2.75) is 26.3 Å². The number of amides is 3. The third kappa shape index (κ3) is 5.27. The van der Waals surface area contributed by atoms with E-state index < -0.39 is 11.9 Å². The number of imide groups is 1. The maximum Gasteiger partial charge on any atom is 0.318 e. The van der Waals surface area contributed by atoms with Gasteiger partial charge in [0.2, 0.25) is 0 Å². The number of rotatable bonds is 7. The van der Waals surface area contributed by atoms with Crippen molar-refractivity contribution in [1.29, 1.82) is 0 Å². The van der Waals surface area contributed by atoms with Crippen LogP contribution in [0.2, 0.25) is 0 Å². The number of ether oxygens (including phenoxy) is 1. The monoisotopic (exact) mass is 279 g/mol. The van der Waals surface area contributed by atoms with Gasteiger partial charge in [-0.1, -0.05) is 26.0 Å². The summed E-state index contributed by atoms with van der Waals surface area (Å²) in [6.45, 7) is 4.85. The topological polar surface area (TPSA) is 93.4 Å². The first-order chi connectivity index (χ1) is 9.56. The van der Waals surface area contributed by atoms with E-state index in [0.717, 1.165) is 13.0 Å². The van der Waals surface area contributed by atoms with Crippen LogP contribution in [0.25, 0.3) is 0 Å². The van der Waals surface area contributed by atoms with Crippen LogP contribution in [-0.4, -0.2) is 25.1 Å². The fourth-order valence-electron chi connectivity index (χ4n) is 1.86. The van der Waals surface area contributed by atoms with Crippen molar-refractivity contribution in [3.05, 3.63) is 29.8 Å². The normalized spacial score (nSPS) is 11.7. The van der Waals surface area contributed by atoms with Crippen LogP contribution in [-0.2, 0) is 4.79 Å². The van der Waals surface area contributed by atoms with Crippen LogP contribution in [0.5, 0.6) is 5.75 Å². The Kier molecular flexibility index (Phi) is 6.52. The van der Waals surface area contributed by atoms with Crippen molar-refractivity contribution >= 4 is 11.9 Å². The molecule has 0 spiro atoms. The molecule has 1 unspecified atom stereocenters. The largest absolute Gasteiger partial charge is 0.484 e. The zero-order valence-electron chi connectivity index (χ0n) is 11.8. The minimum Gasteiger partial charge on any atom is -0.484 e. The van der Waals surface area contributed by atoms with Crippen LogP contribution in [0.3, 0.4) is 0 Å². The molecule has 1 rings (SSSR count). The first-order valence-corrected chi connectivity index (χ1v) is 6.62. The molecule has 0 aromatic heterocycles. The number of carbonyl (C=O) groups is 2. The average Bonchev–Trinajstić information content (AvgIpc) is 2.42. The smallest absolute Gasteiger partial charge is 0.318 e. The Morgan fingerprint density at radius 3 is 2.40 bits per heavy atom. The summed E-state index contributed by atoms with van der Waals surface area (Å²) < 4.78 is 5.26. The van der Waals surface area contributed by atoms with Gasteiger partial charge in [-0.15, -0.1) is 0 Å². The Bertz CT molecular complexity index is 445. The second-order valence-electron chi connectivity index (χ2n) is 4.29. The van der Waals surface area contributed by atoms with Crippen molar-refractivity contribution in [3.8, 4) is 5.75 Å². The lowest BCUT2D eigenvalue weighted by molar-refractivity contribution is -0.121. The van der Waals surface area contributed by atoms with Crippen LogP contribution < -0.4 is 21.1 Å². The number of urea groups is 1. The predicted octanol–water partition coefficient (Wildman–Crippen LogP) is 1.32. The average molecular weight is 279 g/mol. The molecule has 1 atom stereocenters. The second kappa shape index (κ2) is 8.16. The van der Waals surface area contributed by atoms with E-state index in [1.807, 2.05) is 17.4 Å². The number of primary amides is 1. The molecule has 0 saturated heterocycles. The van der Waals surface area contributed by atoms with Crippen LogP contribution >= 0.6 is 0 Å². The molecule has 0 aliphatic heterocycles. The molecule has 3 amide bonds. The molecule has 1 aromatic carbocycles. The summed E-state index contributed by atoms with van der Waals surface area (Å²) >= 11 is 0. The van der Waals surface area contributed by atoms with Gasteiger partial charge in [0.25, 0.3) is 5.91 Å². The molecule has 0 bridgehead atoms. The van der Waals surface area contributed by atoms with E-state index in [1.54, 1.807) is 12.1 Å². The van der Waals surface area contributed by atoms with Gasteiger partial charge in [0.05, 0.1) is 0 Å². The number of carbonyl (C=O) groups excluding carboxylic acids is 2. The third-order valence-corrected chi connectivity index (χ3v) is 2.77. The molecular formula is C14H21N3O3. The van der Waals surface area contributed by atoms with Gasteiger partial charge in [-0.25, -0.2) is 4.79 Å². The van der Waals surface area contributed by atoms with Crippen LogP contribution in [0.4, 0.5) is 4.79 Å². The highest BCUT2D eigenvalue weighted by Gasteiger charge is 2.08. The summed E-state index contributed by atoms with van der Waals surface area (Å²) in [4.78, 5) is 21.6. The summed E-state index contributed by atoms with van der Waals surface area (Å²) in [6, 6.07) is 6.94. The van der Waals surface area contributed by atoms with Crippen LogP contribution in [0, 0.1) is 0 Å². The minimum atomic E-state index is -0.884. The number of benzene rings is 1. The van der Waals surface area contributed by atoms with Crippen LogP contribution in [0.1, 0.15) is 31.9 Å². The van der Waals surface area contributed by atoms with Crippen molar-refractivity contribution in [2.75, 3.05) is 13.2 Å². The molecule has 0 radical (unpaired) electrons. The molecule has 0 saturated carbocycles.